The molecule has 67 valence electrons. The van der Waals surface area contributed by atoms with Crippen LogP contribution in [0.15, 0.2) is 21.6 Å². The third-order valence-corrected chi connectivity index (χ3v) is 2.65. The first kappa shape index (κ1) is 15.6. The molecule has 0 radical (unpaired) electrons. The molecule has 0 unspecified atom stereocenters. The van der Waals surface area contributed by atoms with Gasteiger partial charge in [-0.05, 0) is 0 Å². The number of hydrogen-bond acceptors (Lipinski definition) is 0. The molecule has 0 fully saturated rings. The van der Waals surface area contributed by atoms with Crippen LogP contribution in [0, 0.1) is 0 Å². The molecule has 0 spiro atoms. The molecular formula is C9H13Br2Ti. The molecule has 0 aliphatic heterocycles. The summed E-state index contributed by atoms with van der Waals surface area (Å²) in [4.78, 5) is 0. The average Bonchev–Trinajstić information content (AvgIpc) is 2.31. The Kier molecular flexibility index (Phi) is 11.4. The van der Waals surface area contributed by atoms with Gasteiger partial charge in [-0.2, -0.15) is 0 Å². The van der Waals surface area contributed by atoms with Crippen LogP contribution in [0.25, 0.3) is 0 Å². The van der Waals surface area contributed by atoms with Crippen molar-refractivity contribution < 1.29 is 54.4 Å². The SMILES string of the molecule is CCCCC1=[C]([Ti+2])CC=C1.[Br-].[Br-]. The smallest absolute Gasteiger partial charge is 1.00 e. The maximum Gasteiger partial charge on any atom is -1.00 e. The predicted octanol–water partition coefficient (Wildman–Crippen LogP) is -3.05. The summed E-state index contributed by atoms with van der Waals surface area (Å²) >= 11 is 2.24. The van der Waals surface area contributed by atoms with Gasteiger partial charge in [0.25, 0.3) is 0 Å². The van der Waals surface area contributed by atoms with Crippen molar-refractivity contribution in [2.24, 2.45) is 0 Å². The van der Waals surface area contributed by atoms with Crippen LogP contribution in [0.2, 0.25) is 0 Å². The monoisotopic (exact) mass is 327 g/mol. The van der Waals surface area contributed by atoms with E-state index in [1.165, 1.54) is 25.7 Å². The Balaban J connectivity index is 0. The second-order valence-corrected chi connectivity index (χ2v) is 3.66. The summed E-state index contributed by atoms with van der Waals surface area (Å²) in [6, 6.07) is 0. The first-order chi connectivity index (χ1) is 4.84. The van der Waals surface area contributed by atoms with Crippen LogP contribution in [0.4, 0.5) is 0 Å². The Bertz CT molecular complexity index is 173. The molecule has 0 aromatic rings. The summed E-state index contributed by atoms with van der Waals surface area (Å²) in [5.41, 5.74) is 1.59. The largest absolute Gasteiger partial charge is 1.00 e. The fourth-order valence-electron chi connectivity index (χ4n) is 1.15. The molecule has 1 aliphatic rings. The summed E-state index contributed by atoms with van der Waals surface area (Å²) in [5.74, 6) is 0. The van der Waals surface area contributed by atoms with Crippen molar-refractivity contribution in [3.8, 4) is 0 Å². The second-order valence-electron chi connectivity index (χ2n) is 2.71. The molecule has 1 rings (SSSR count). The van der Waals surface area contributed by atoms with Crippen LogP contribution in [0.3, 0.4) is 0 Å². The van der Waals surface area contributed by atoms with E-state index in [-0.39, 0.29) is 34.0 Å². The van der Waals surface area contributed by atoms with Gasteiger partial charge >= 0.3 is 74.6 Å². The first-order valence-electron chi connectivity index (χ1n) is 3.94. The van der Waals surface area contributed by atoms with E-state index in [0.717, 1.165) is 0 Å². The molecule has 0 N–H and O–H groups in total. The number of allylic oxidation sites excluding steroid dienone is 4. The normalized spacial score (nSPS) is 14.2. The van der Waals surface area contributed by atoms with E-state index in [9.17, 15) is 0 Å². The molecule has 1 aliphatic carbocycles. The zero-order valence-electron chi connectivity index (χ0n) is 7.24. The quantitative estimate of drug-likeness (QED) is 0.483. The summed E-state index contributed by atoms with van der Waals surface area (Å²) in [5, 5.41) is 0. The van der Waals surface area contributed by atoms with Gasteiger partial charge in [0, 0.05) is 0 Å². The van der Waals surface area contributed by atoms with Gasteiger partial charge in [0.05, 0.1) is 0 Å². The molecule has 0 saturated heterocycles. The molecule has 0 saturated carbocycles. The van der Waals surface area contributed by atoms with Crippen molar-refractivity contribution >= 4 is 0 Å². The third-order valence-electron chi connectivity index (χ3n) is 1.83. The van der Waals surface area contributed by atoms with Crippen LogP contribution < -0.4 is 34.0 Å². The van der Waals surface area contributed by atoms with Crippen molar-refractivity contribution in [3.63, 3.8) is 0 Å². The van der Waals surface area contributed by atoms with Crippen molar-refractivity contribution in [2.75, 3.05) is 0 Å². The van der Waals surface area contributed by atoms with Gasteiger partial charge in [0.2, 0.25) is 0 Å². The van der Waals surface area contributed by atoms with E-state index in [2.05, 4.69) is 39.5 Å². The van der Waals surface area contributed by atoms with Crippen molar-refractivity contribution in [2.45, 2.75) is 32.6 Å². The van der Waals surface area contributed by atoms with Crippen LogP contribution in [0.5, 0.6) is 0 Å². The summed E-state index contributed by atoms with van der Waals surface area (Å²) < 4.78 is 1.58. The molecule has 12 heavy (non-hydrogen) atoms. The van der Waals surface area contributed by atoms with E-state index in [1.807, 2.05) is 0 Å². The van der Waals surface area contributed by atoms with E-state index >= 15 is 0 Å². The molecule has 0 nitrogen and oxygen atoms in total. The van der Waals surface area contributed by atoms with Crippen LogP contribution in [-0.2, 0) is 20.4 Å². The van der Waals surface area contributed by atoms with Crippen molar-refractivity contribution in [3.05, 3.63) is 21.6 Å². The van der Waals surface area contributed by atoms with Crippen LogP contribution in [-0.4, -0.2) is 0 Å². The second kappa shape index (κ2) is 8.74. The fourth-order valence-corrected chi connectivity index (χ4v) is 1.66. The molecule has 0 aromatic heterocycles. The van der Waals surface area contributed by atoms with E-state index in [1.54, 1.807) is 9.45 Å². The fraction of sp³-hybridized carbons (Fsp3) is 0.556. The van der Waals surface area contributed by atoms with Gasteiger partial charge in [0.1, 0.15) is 0 Å². The Morgan fingerprint density at radius 1 is 1.42 bits per heavy atom. The number of halogens is 2. The minimum atomic E-state index is 0. The van der Waals surface area contributed by atoms with Gasteiger partial charge in [0.15, 0.2) is 0 Å². The Labute approximate surface area is 108 Å². The maximum atomic E-state index is 2.28. The number of rotatable bonds is 3. The van der Waals surface area contributed by atoms with Gasteiger partial charge in [-0.25, -0.2) is 0 Å². The van der Waals surface area contributed by atoms with Gasteiger partial charge in [-0.3, -0.25) is 0 Å². The summed E-state index contributed by atoms with van der Waals surface area (Å²) in [7, 11) is 0. The molecule has 0 amide bonds. The Morgan fingerprint density at radius 3 is 2.50 bits per heavy atom. The zero-order valence-corrected chi connectivity index (χ0v) is 12.0. The van der Waals surface area contributed by atoms with E-state index in [4.69, 9.17) is 0 Å². The van der Waals surface area contributed by atoms with Crippen molar-refractivity contribution in [1.29, 1.82) is 0 Å². The predicted molar refractivity (Wildman–Crippen MR) is 40.3 cm³/mol. The number of unbranched alkanes of at least 4 members (excludes halogenated alkanes) is 1. The van der Waals surface area contributed by atoms with Crippen molar-refractivity contribution in [1.82, 2.24) is 0 Å². The third kappa shape index (κ3) is 5.01. The number of hydrogen-bond donors (Lipinski definition) is 0. The standard InChI is InChI=1S/C9H13.2BrH.Ti/c1-2-3-6-9-7-4-5-8-9;;;/h4,7H,2-3,5-6H2,1H3;2*1H;/q;;;+2/p-2. The van der Waals surface area contributed by atoms with Gasteiger partial charge in [-0.15, -0.1) is 0 Å². The van der Waals surface area contributed by atoms with Gasteiger partial charge in [-0.1, -0.05) is 0 Å². The van der Waals surface area contributed by atoms with Gasteiger partial charge < -0.3 is 34.0 Å². The topological polar surface area (TPSA) is 0 Å². The summed E-state index contributed by atoms with van der Waals surface area (Å²) in [6.07, 6.45) is 9.69. The Morgan fingerprint density at radius 2 is 2.08 bits per heavy atom. The zero-order chi connectivity index (χ0) is 7.40. The molecule has 0 aromatic carbocycles. The first-order valence-corrected chi connectivity index (χ1v) is 4.73. The Hall–Kier alpha value is 1.15. The van der Waals surface area contributed by atoms with Crippen LogP contribution in [0.1, 0.15) is 32.6 Å². The van der Waals surface area contributed by atoms with E-state index < -0.39 is 0 Å². The molecule has 3 heteroatoms. The summed E-state index contributed by atoms with van der Waals surface area (Å²) in [6.45, 7) is 2.24. The molecule has 0 bridgehead atoms. The molecular weight excluding hydrogens is 316 g/mol. The average molecular weight is 329 g/mol. The minimum Gasteiger partial charge on any atom is -1.00 e. The maximum absolute atomic E-state index is 2.28. The van der Waals surface area contributed by atoms with Crippen LogP contribution >= 0.6 is 0 Å². The minimum absolute atomic E-state index is 0. The van der Waals surface area contributed by atoms with E-state index in [0.29, 0.717) is 0 Å². The molecule has 0 atom stereocenters. The molecule has 0 heterocycles.